The Labute approximate surface area is 250 Å². The Morgan fingerprint density at radius 3 is 2.39 bits per heavy atom. The highest BCUT2D eigenvalue weighted by Crippen LogP contribution is 2.27. The van der Waals surface area contributed by atoms with Gasteiger partial charge in [0.15, 0.2) is 0 Å². The second-order valence-electron chi connectivity index (χ2n) is 10.5. The third-order valence-electron chi connectivity index (χ3n) is 7.41. The lowest BCUT2D eigenvalue weighted by molar-refractivity contribution is 0.149. The molecule has 0 spiro atoms. The minimum Gasteiger partial charge on any atom is -0.351 e. The fraction of sp³-hybridized carbons (Fsp3) is 0.333. The van der Waals surface area contributed by atoms with Gasteiger partial charge >= 0.3 is 0 Å². The Morgan fingerprint density at radius 1 is 1.07 bits per heavy atom. The summed E-state index contributed by atoms with van der Waals surface area (Å²) in [5.41, 5.74) is -0.861. The molecular formula is C27H28F3N7O5S2. The molecular weight excluding hydrogens is 623 g/mol. The SMILES string of the molecule is Cc1nc(-c2cc(S(N)(=O)=O)ccc2F)ccc1Cn1c(=O)c(C(F)F)cc2cnc(NC3CCN(S(C)(=O)=O)CC3)nc21. The summed E-state index contributed by atoms with van der Waals surface area (Å²) in [4.78, 5) is 26.0. The van der Waals surface area contributed by atoms with E-state index in [4.69, 9.17) is 5.14 Å². The molecule has 3 N–H and O–H groups in total. The summed E-state index contributed by atoms with van der Waals surface area (Å²) in [6, 6.07) is 6.90. The molecule has 12 nitrogen and oxygen atoms in total. The molecule has 3 aromatic heterocycles. The molecule has 44 heavy (non-hydrogen) atoms. The molecule has 0 saturated carbocycles. The van der Waals surface area contributed by atoms with Crippen molar-refractivity contribution in [2.24, 2.45) is 5.14 Å². The van der Waals surface area contributed by atoms with Crippen molar-refractivity contribution in [1.82, 2.24) is 23.8 Å². The van der Waals surface area contributed by atoms with Crippen LogP contribution in [-0.4, -0.2) is 66.0 Å². The summed E-state index contributed by atoms with van der Waals surface area (Å²) >= 11 is 0. The number of piperidine rings is 1. The lowest BCUT2D eigenvalue weighted by atomic mass is 10.1. The lowest BCUT2D eigenvalue weighted by Crippen LogP contribution is -2.42. The van der Waals surface area contributed by atoms with Gasteiger partial charge < -0.3 is 5.32 Å². The average Bonchev–Trinajstić information content (AvgIpc) is 2.94. The number of fused-ring (bicyclic) bond motifs is 1. The number of nitrogens with one attached hydrogen (secondary N) is 1. The van der Waals surface area contributed by atoms with Crippen LogP contribution in [0.4, 0.5) is 19.1 Å². The van der Waals surface area contributed by atoms with Crippen LogP contribution in [0, 0.1) is 12.7 Å². The zero-order valence-electron chi connectivity index (χ0n) is 23.5. The van der Waals surface area contributed by atoms with Crippen LogP contribution in [0.15, 0.2) is 52.3 Å². The standard InChI is InChI=1S/C27H28F3N7O5S2/c1-15-16(3-6-23(33-15)20-12-19(44(31,41)42)4-5-22(20)28)14-37-25-17(11-21(24(29)30)26(37)38)13-32-27(35-25)34-18-7-9-36(10-8-18)43(2,39)40/h3-6,11-13,18,24H,7-10,14H2,1-2H3,(H2,31,41,42)(H,32,34,35). The maximum atomic E-state index is 14.6. The number of hydrogen-bond donors (Lipinski definition) is 2. The fourth-order valence-corrected chi connectivity index (χ4v) is 6.44. The molecule has 1 aliphatic rings. The van der Waals surface area contributed by atoms with Crippen molar-refractivity contribution in [3.63, 3.8) is 0 Å². The Hall–Kier alpha value is -3.93. The molecule has 1 fully saturated rings. The molecule has 0 bridgehead atoms. The van der Waals surface area contributed by atoms with E-state index >= 15 is 0 Å². The van der Waals surface area contributed by atoms with Crippen molar-refractivity contribution in [2.75, 3.05) is 24.7 Å². The zero-order chi connectivity index (χ0) is 32.0. The van der Waals surface area contributed by atoms with Crippen molar-refractivity contribution >= 4 is 37.0 Å². The van der Waals surface area contributed by atoms with Crippen LogP contribution in [-0.2, 0) is 26.6 Å². The molecule has 1 aromatic carbocycles. The van der Waals surface area contributed by atoms with Crippen molar-refractivity contribution in [1.29, 1.82) is 0 Å². The van der Waals surface area contributed by atoms with Crippen LogP contribution >= 0.6 is 0 Å². The molecule has 4 aromatic rings. The first kappa shape index (κ1) is 31.5. The van der Waals surface area contributed by atoms with Crippen LogP contribution in [0.1, 0.15) is 36.1 Å². The van der Waals surface area contributed by atoms with Crippen molar-refractivity contribution in [3.05, 3.63) is 75.6 Å². The van der Waals surface area contributed by atoms with E-state index in [2.05, 4.69) is 20.3 Å². The molecule has 0 aliphatic carbocycles. The summed E-state index contributed by atoms with van der Waals surface area (Å²) in [6.45, 7) is 1.99. The molecule has 0 unspecified atom stereocenters. The number of nitrogens with two attached hydrogens (primary N) is 1. The topological polar surface area (TPSA) is 170 Å². The Morgan fingerprint density at radius 2 is 1.77 bits per heavy atom. The van der Waals surface area contributed by atoms with Crippen LogP contribution in [0.5, 0.6) is 0 Å². The third-order valence-corrected chi connectivity index (χ3v) is 9.63. The summed E-state index contributed by atoms with van der Waals surface area (Å²) in [5.74, 6) is -0.591. The Bertz CT molecular complexity index is 2030. The van der Waals surface area contributed by atoms with Crippen LogP contribution in [0.25, 0.3) is 22.3 Å². The predicted molar refractivity (Wildman–Crippen MR) is 157 cm³/mol. The molecule has 17 heteroatoms. The number of anilines is 1. The maximum absolute atomic E-state index is 14.6. The first-order valence-corrected chi connectivity index (χ1v) is 16.7. The second-order valence-corrected chi connectivity index (χ2v) is 14.0. The van der Waals surface area contributed by atoms with Crippen LogP contribution in [0.2, 0.25) is 0 Å². The number of halogens is 3. The number of hydrogen-bond acceptors (Lipinski definition) is 9. The molecule has 4 heterocycles. The van der Waals surface area contributed by atoms with Gasteiger partial charge in [0, 0.05) is 42.0 Å². The average molecular weight is 652 g/mol. The first-order valence-electron chi connectivity index (χ1n) is 13.3. The van der Waals surface area contributed by atoms with E-state index < -0.39 is 43.4 Å². The lowest BCUT2D eigenvalue weighted by Gasteiger charge is -2.30. The minimum atomic E-state index is -4.10. The summed E-state index contributed by atoms with van der Waals surface area (Å²) in [5, 5.41) is 8.52. The monoisotopic (exact) mass is 651 g/mol. The van der Waals surface area contributed by atoms with Gasteiger partial charge in [-0.1, -0.05) is 6.07 Å². The largest absolute Gasteiger partial charge is 0.351 e. The number of sulfonamides is 2. The highest BCUT2D eigenvalue weighted by molar-refractivity contribution is 7.89. The predicted octanol–water partition coefficient (Wildman–Crippen LogP) is 2.77. The zero-order valence-corrected chi connectivity index (χ0v) is 25.2. The molecule has 0 atom stereocenters. The van der Waals surface area contributed by atoms with Gasteiger partial charge in [0.1, 0.15) is 11.5 Å². The highest BCUT2D eigenvalue weighted by atomic mass is 32.2. The van der Waals surface area contributed by atoms with Crippen LogP contribution < -0.4 is 16.0 Å². The highest BCUT2D eigenvalue weighted by Gasteiger charge is 2.26. The van der Waals surface area contributed by atoms with Gasteiger partial charge in [-0.05, 0) is 55.7 Å². The number of aryl methyl sites for hydroxylation is 1. The van der Waals surface area contributed by atoms with E-state index in [1.54, 1.807) is 6.92 Å². The third kappa shape index (κ3) is 6.59. The van der Waals surface area contributed by atoms with Crippen molar-refractivity contribution in [3.8, 4) is 11.3 Å². The molecule has 0 radical (unpaired) electrons. The molecule has 5 rings (SSSR count). The smallest absolute Gasteiger partial charge is 0.269 e. The Kier molecular flexibility index (Phi) is 8.50. The van der Waals surface area contributed by atoms with Gasteiger partial charge in [0.05, 0.1) is 29.0 Å². The maximum Gasteiger partial charge on any atom is 0.269 e. The van der Waals surface area contributed by atoms with Gasteiger partial charge in [0.25, 0.3) is 12.0 Å². The second kappa shape index (κ2) is 11.9. The molecule has 0 amide bonds. The van der Waals surface area contributed by atoms with Crippen molar-refractivity contribution in [2.45, 2.75) is 43.7 Å². The number of nitrogens with zero attached hydrogens (tertiary/aromatic N) is 5. The first-order chi connectivity index (χ1) is 20.6. The fourth-order valence-electron chi connectivity index (χ4n) is 5.02. The van der Waals surface area contributed by atoms with Gasteiger partial charge in [-0.3, -0.25) is 14.3 Å². The number of rotatable bonds is 8. The molecule has 234 valence electrons. The summed E-state index contributed by atoms with van der Waals surface area (Å²) in [6.07, 6.45) is 0.391. The van der Waals surface area contributed by atoms with E-state index in [0.29, 0.717) is 37.2 Å². The number of aromatic nitrogens is 4. The van der Waals surface area contributed by atoms with Gasteiger partial charge in [-0.2, -0.15) is 4.98 Å². The molecule has 1 aliphatic heterocycles. The normalized spacial score (nSPS) is 15.2. The number of benzene rings is 1. The van der Waals surface area contributed by atoms with E-state index in [1.807, 2.05) is 0 Å². The van der Waals surface area contributed by atoms with E-state index in [9.17, 15) is 34.8 Å². The number of alkyl halides is 2. The van der Waals surface area contributed by atoms with E-state index in [1.165, 1.54) is 22.6 Å². The molecule has 1 saturated heterocycles. The van der Waals surface area contributed by atoms with Gasteiger partial charge in [0.2, 0.25) is 26.0 Å². The van der Waals surface area contributed by atoms with Crippen molar-refractivity contribution < 1.29 is 30.0 Å². The minimum absolute atomic E-state index is 0.0841. The number of pyridine rings is 2. The van der Waals surface area contributed by atoms with E-state index in [-0.39, 0.29) is 45.7 Å². The van der Waals surface area contributed by atoms with E-state index in [0.717, 1.165) is 35.1 Å². The summed E-state index contributed by atoms with van der Waals surface area (Å²) in [7, 11) is -7.42. The number of primary sulfonamides is 1. The van der Waals surface area contributed by atoms with Gasteiger partial charge in [-0.15, -0.1) is 0 Å². The van der Waals surface area contributed by atoms with Gasteiger partial charge in [-0.25, -0.2) is 44.4 Å². The van der Waals surface area contributed by atoms with Crippen LogP contribution in [0.3, 0.4) is 0 Å². The summed E-state index contributed by atoms with van der Waals surface area (Å²) < 4.78 is 91.9. The quantitative estimate of drug-likeness (QED) is 0.291. The Balaban J connectivity index is 1.49.